The third kappa shape index (κ3) is 6.10. The van der Waals surface area contributed by atoms with Crippen LogP contribution < -0.4 is 16.0 Å². The van der Waals surface area contributed by atoms with Gasteiger partial charge in [-0.25, -0.2) is 0 Å². The van der Waals surface area contributed by atoms with Crippen LogP contribution in [0.25, 0.3) is 0 Å². The summed E-state index contributed by atoms with van der Waals surface area (Å²) < 4.78 is 0. The van der Waals surface area contributed by atoms with Gasteiger partial charge in [0.2, 0.25) is 5.91 Å². The maximum Gasteiger partial charge on any atom is 0.251 e. The van der Waals surface area contributed by atoms with Gasteiger partial charge in [-0.15, -0.1) is 0 Å². The second-order valence-electron chi connectivity index (χ2n) is 5.48. The van der Waals surface area contributed by atoms with Gasteiger partial charge in [-0.05, 0) is 29.8 Å². The van der Waals surface area contributed by atoms with Crippen LogP contribution in [0.4, 0.5) is 0 Å². The molecule has 0 atom stereocenters. The molecular formula is C19H21N3O3. The summed E-state index contributed by atoms with van der Waals surface area (Å²) in [6.45, 7) is 2.58. The van der Waals surface area contributed by atoms with Crippen LogP contribution in [0, 0.1) is 0 Å². The number of hydrogen-bond donors (Lipinski definition) is 3. The minimum Gasteiger partial charge on any atom is -0.355 e. The molecule has 130 valence electrons. The molecule has 2 aromatic carbocycles. The van der Waals surface area contributed by atoms with Crippen molar-refractivity contribution < 1.29 is 14.4 Å². The van der Waals surface area contributed by atoms with Crippen LogP contribution in [-0.4, -0.2) is 30.8 Å². The van der Waals surface area contributed by atoms with Crippen LogP contribution in [0.5, 0.6) is 0 Å². The summed E-state index contributed by atoms with van der Waals surface area (Å²) in [5.74, 6) is -0.471. The zero-order valence-electron chi connectivity index (χ0n) is 14.0. The highest BCUT2D eigenvalue weighted by Gasteiger charge is 2.06. The summed E-state index contributed by atoms with van der Waals surface area (Å²) >= 11 is 0. The maximum atomic E-state index is 12.0. The Bertz CT molecular complexity index is 727. The van der Waals surface area contributed by atoms with E-state index in [1.54, 1.807) is 36.4 Å². The molecule has 6 nitrogen and oxygen atoms in total. The van der Waals surface area contributed by atoms with E-state index in [1.807, 2.05) is 18.2 Å². The van der Waals surface area contributed by atoms with Gasteiger partial charge in [0.25, 0.3) is 11.8 Å². The summed E-state index contributed by atoms with van der Waals surface area (Å²) in [6, 6.07) is 16.0. The third-order valence-electron chi connectivity index (χ3n) is 3.49. The van der Waals surface area contributed by atoms with Crippen molar-refractivity contribution in [3.8, 4) is 0 Å². The SMILES string of the molecule is CC(=O)NCCNC(=O)c1ccc(CNC(=O)c2ccccc2)cc1. The highest BCUT2D eigenvalue weighted by atomic mass is 16.2. The monoisotopic (exact) mass is 339 g/mol. The fourth-order valence-electron chi connectivity index (χ4n) is 2.16. The maximum absolute atomic E-state index is 12.0. The molecule has 0 aliphatic carbocycles. The molecule has 0 aliphatic heterocycles. The highest BCUT2D eigenvalue weighted by molar-refractivity contribution is 5.94. The molecule has 0 unspecified atom stereocenters. The average Bonchev–Trinajstić information content (AvgIpc) is 2.64. The average molecular weight is 339 g/mol. The summed E-state index contributed by atoms with van der Waals surface area (Å²) in [4.78, 5) is 34.7. The van der Waals surface area contributed by atoms with E-state index >= 15 is 0 Å². The van der Waals surface area contributed by atoms with Crippen molar-refractivity contribution in [1.29, 1.82) is 0 Å². The Labute approximate surface area is 146 Å². The molecule has 3 amide bonds. The normalized spacial score (nSPS) is 9.96. The summed E-state index contributed by atoms with van der Waals surface area (Å²) in [5.41, 5.74) is 2.04. The van der Waals surface area contributed by atoms with Gasteiger partial charge in [-0.3, -0.25) is 14.4 Å². The van der Waals surface area contributed by atoms with E-state index in [9.17, 15) is 14.4 Å². The first-order valence-corrected chi connectivity index (χ1v) is 8.01. The van der Waals surface area contributed by atoms with Crippen molar-refractivity contribution in [1.82, 2.24) is 16.0 Å². The lowest BCUT2D eigenvalue weighted by Gasteiger charge is -2.08. The molecule has 0 aliphatic rings. The first-order chi connectivity index (χ1) is 12.1. The van der Waals surface area contributed by atoms with Crippen molar-refractivity contribution in [3.63, 3.8) is 0 Å². The van der Waals surface area contributed by atoms with Crippen LogP contribution in [0.1, 0.15) is 33.2 Å². The van der Waals surface area contributed by atoms with Crippen LogP contribution in [0.2, 0.25) is 0 Å². The van der Waals surface area contributed by atoms with Gasteiger partial charge in [0.15, 0.2) is 0 Å². The Morgan fingerprint density at radius 2 is 1.28 bits per heavy atom. The third-order valence-corrected chi connectivity index (χ3v) is 3.49. The number of nitrogens with one attached hydrogen (secondary N) is 3. The van der Waals surface area contributed by atoms with Crippen molar-refractivity contribution in [3.05, 3.63) is 71.3 Å². The molecule has 0 saturated carbocycles. The number of hydrogen-bond acceptors (Lipinski definition) is 3. The van der Waals surface area contributed by atoms with Gasteiger partial charge in [-0.2, -0.15) is 0 Å². The smallest absolute Gasteiger partial charge is 0.251 e. The Hall–Kier alpha value is -3.15. The van der Waals surface area contributed by atoms with Gasteiger partial charge in [-0.1, -0.05) is 30.3 Å². The number of carbonyl (C=O) groups is 3. The predicted molar refractivity (Wildman–Crippen MR) is 95.1 cm³/mol. The molecule has 0 bridgehead atoms. The second-order valence-corrected chi connectivity index (χ2v) is 5.48. The van der Waals surface area contributed by atoms with Gasteiger partial charge >= 0.3 is 0 Å². The Morgan fingerprint density at radius 1 is 0.720 bits per heavy atom. The van der Waals surface area contributed by atoms with E-state index in [-0.39, 0.29) is 17.7 Å². The van der Waals surface area contributed by atoms with E-state index in [0.717, 1.165) is 5.56 Å². The molecule has 0 saturated heterocycles. The van der Waals surface area contributed by atoms with Gasteiger partial charge in [0.1, 0.15) is 0 Å². The fraction of sp³-hybridized carbons (Fsp3) is 0.211. The highest BCUT2D eigenvalue weighted by Crippen LogP contribution is 2.05. The molecule has 6 heteroatoms. The number of amides is 3. The Kier molecular flexibility index (Phi) is 6.71. The summed E-state index contributed by atoms with van der Waals surface area (Å²) in [5, 5.41) is 8.17. The molecule has 0 aromatic heterocycles. The lowest BCUT2D eigenvalue weighted by molar-refractivity contribution is -0.118. The molecule has 2 rings (SSSR count). The van der Waals surface area contributed by atoms with Crippen LogP contribution in [0.15, 0.2) is 54.6 Å². The fourth-order valence-corrected chi connectivity index (χ4v) is 2.16. The van der Waals surface area contributed by atoms with E-state index in [4.69, 9.17) is 0 Å². The van der Waals surface area contributed by atoms with Crippen LogP contribution >= 0.6 is 0 Å². The lowest BCUT2D eigenvalue weighted by atomic mass is 10.1. The van der Waals surface area contributed by atoms with Gasteiger partial charge < -0.3 is 16.0 Å². The standard InChI is InChI=1S/C19H21N3O3/c1-14(23)20-11-12-21-18(24)17-9-7-15(8-10-17)13-22-19(25)16-5-3-2-4-6-16/h2-10H,11-13H2,1H3,(H,20,23)(H,21,24)(H,22,25). The van der Waals surface area contributed by atoms with Gasteiger partial charge in [0.05, 0.1) is 0 Å². The number of carbonyl (C=O) groups excluding carboxylic acids is 3. The summed E-state index contributed by atoms with van der Waals surface area (Å²) in [7, 11) is 0. The lowest BCUT2D eigenvalue weighted by Crippen LogP contribution is -2.33. The minimum atomic E-state index is -0.203. The van der Waals surface area contributed by atoms with E-state index in [2.05, 4.69) is 16.0 Å². The molecule has 0 spiro atoms. The molecule has 3 N–H and O–H groups in total. The first-order valence-electron chi connectivity index (χ1n) is 8.01. The molecule has 2 aromatic rings. The molecular weight excluding hydrogens is 318 g/mol. The largest absolute Gasteiger partial charge is 0.355 e. The van der Waals surface area contributed by atoms with Gasteiger partial charge in [0, 0.05) is 37.7 Å². The zero-order chi connectivity index (χ0) is 18.1. The molecule has 25 heavy (non-hydrogen) atoms. The number of rotatable bonds is 7. The van der Waals surface area contributed by atoms with Crippen molar-refractivity contribution >= 4 is 17.7 Å². The minimum absolute atomic E-state index is 0.129. The van der Waals surface area contributed by atoms with Crippen molar-refractivity contribution in [2.75, 3.05) is 13.1 Å². The van der Waals surface area contributed by atoms with Crippen LogP contribution in [-0.2, 0) is 11.3 Å². The van der Waals surface area contributed by atoms with Crippen molar-refractivity contribution in [2.24, 2.45) is 0 Å². The molecule has 0 heterocycles. The number of benzene rings is 2. The predicted octanol–water partition coefficient (Wildman–Crippen LogP) is 1.48. The Balaban J connectivity index is 1.80. The van der Waals surface area contributed by atoms with E-state index in [0.29, 0.717) is 30.8 Å². The zero-order valence-corrected chi connectivity index (χ0v) is 14.0. The van der Waals surface area contributed by atoms with Crippen LogP contribution in [0.3, 0.4) is 0 Å². The van der Waals surface area contributed by atoms with E-state index in [1.165, 1.54) is 6.92 Å². The van der Waals surface area contributed by atoms with E-state index < -0.39 is 0 Å². The first kappa shape index (κ1) is 18.2. The Morgan fingerprint density at radius 3 is 1.92 bits per heavy atom. The van der Waals surface area contributed by atoms with Crippen molar-refractivity contribution in [2.45, 2.75) is 13.5 Å². The topological polar surface area (TPSA) is 87.3 Å². The molecule has 0 fully saturated rings. The molecule has 0 radical (unpaired) electrons. The summed E-state index contributed by atoms with van der Waals surface area (Å²) in [6.07, 6.45) is 0. The second kappa shape index (κ2) is 9.22. The quantitative estimate of drug-likeness (QED) is 0.668.